The van der Waals surface area contributed by atoms with Crippen LogP contribution in [-0.2, 0) is 9.59 Å². The van der Waals surface area contributed by atoms with Crippen molar-refractivity contribution in [1.29, 1.82) is 0 Å². The second kappa shape index (κ2) is 14.6. The Kier molecular flexibility index (Phi) is 10.4. The molecule has 0 aliphatic carbocycles. The van der Waals surface area contributed by atoms with E-state index < -0.39 is 0 Å². The van der Waals surface area contributed by atoms with Gasteiger partial charge in [0.25, 0.3) is 0 Å². The summed E-state index contributed by atoms with van der Waals surface area (Å²) in [5.41, 5.74) is 6.81. The van der Waals surface area contributed by atoms with Gasteiger partial charge in [0.05, 0.1) is 12.4 Å². The summed E-state index contributed by atoms with van der Waals surface area (Å²) in [6.45, 7) is 0.458. The molecule has 10 nitrogen and oxygen atoms in total. The molecule has 202 valence electrons. The minimum Gasteiger partial charge on any atom is -0.454 e. The van der Waals surface area contributed by atoms with Crippen LogP contribution in [0.15, 0.2) is 46.6 Å². The molecule has 38 heavy (non-hydrogen) atoms. The lowest BCUT2D eigenvalue weighted by atomic mass is 10.1. The fourth-order valence-electron chi connectivity index (χ4n) is 4.09. The molecule has 0 unspecified atom stereocenters. The number of rotatable bonds is 15. The maximum Gasteiger partial charge on any atom is 0.240 e. The first kappa shape index (κ1) is 27.0. The Hall–Kier alpha value is -4.08. The zero-order chi connectivity index (χ0) is 26.4. The molecule has 0 atom stereocenters. The van der Waals surface area contributed by atoms with Crippen molar-refractivity contribution in [3.63, 3.8) is 0 Å². The van der Waals surface area contributed by atoms with Gasteiger partial charge < -0.3 is 18.9 Å². The van der Waals surface area contributed by atoms with Crippen LogP contribution in [-0.4, -0.2) is 37.8 Å². The molecule has 2 heterocycles. The topological polar surface area (TPSA) is 120 Å². The van der Waals surface area contributed by atoms with E-state index in [2.05, 4.69) is 21.1 Å². The Labute approximate surface area is 222 Å². The van der Waals surface area contributed by atoms with Crippen LogP contribution in [0.1, 0.15) is 75.3 Å². The summed E-state index contributed by atoms with van der Waals surface area (Å²) in [7, 11) is 0. The van der Waals surface area contributed by atoms with Crippen LogP contribution in [0.5, 0.6) is 23.0 Å². The molecule has 2 aromatic carbocycles. The lowest BCUT2D eigenvalue weighted by Crippen LogP contribution is -2.16. The number of nitrogens with zero attached hydrogens (tertiary/aromatic N) is 2. The molecule has 0 spiro atoms. The molecule has 10 heteroatoms. The Morgan fingerprint density at radius 1 is 0.605 bits per heavy atom. The van der Waals surface area contributed by atoms with Crippen LogP contribution in [0, 0.1) is 0 Å². The number of ether oxygens (including phenoxy) is 4. The van der Waals surface area contributed by atoms with Crippen LogP contribution < -0.4 is 29.8 Å². The highest BCUT2D eigenvalue weighted by Crippen LogP contribution is 2.32. The average molecular weight is 523 g/mol. The van der Waals surface area contributed by atoms with E-state index in [0.29, 0.717) is 24.3 Å². The Balaban J connectivity index is 0.945. The fourth-order valence-corrected chi connectivity index (χ4v) is 4.09. The molecule has 0 aromatic heterocycles. The number of amides is 2. The largest absolute Gasteiger partial charge is 0.454 e. The minimum absolute atomic E-state index is 0.0829. The predicted molar refractivity (Wildman–Crippen MR) is 143 cm³/mol. The maximum absolute atomic E-state index is 11.9. The number of nitrogens with one attached hydrogen (secondary N) is 2. The van der Waals surface area contributed by atoms with Gasteiger partial charge in [-0.2, -0.15) is 10.2 Å². The lowest BCUT2D eigenvalue weighted by molar-refractivity contribution is -0.122. The second-order valence-corrected chi connectivity index (χ2v) is 9.14. The van der Waals surface area contributed by atoms with Gasteiger partial charge >= 0.3 is 0 Å². The Bertz CT molecular complexity index is 1060. The molecule has 2 aromatic rings. The van der Waals surface area contributed by atoms with Gasteiger partial charge in [-0.3, -0.25) is 9.59 Å². The van der Waals surface area contributed by atoms with Gasteiger partial charge in [0.1, 0.15) is 0 Å². The summed E-state index contributed by atoms with van der Waals surface area (Å²) < 4.78 is 21.2. The summed E-state index contributed by atoms with van der Waals surface area (Å²) in [6.07, 6.45) is 12.3. The minimum atomic E-state index is -0.0829. The van der Waals surface area contributed by atoms with Gasteiger partial charge in [-0.1, -0.05) is 38.5 Å². The summed E-state index contributed by atoms with van der Waals surface area (Å²) in [5.74, 6) is 2.64. The van der Waals surface area contributed by atoms with Crippen molar-refractivity contribution in [3.05, 3.63) is 47.5 Å². The fraction of sp³-hybridized carbons (Fsp3) is 0.429. The number of carbonyl (C=O) groups is 2. The number of hydrogen-bond acceptors (Lipinski definition) is 8. The molecule has 2 N–H and O–H groups in total. The number of unbranched alkanes of at least 4 members (excludes halogenated alkanes) is 7. The summed E-state index contributed by atoms with van der Waals surface area (Å²) in [5, 5.41) is 8.02. The predicted octanol–water partition coefficient (Wildman–Crippen LogP) is 4.65. The van der Waals surface area contributed by atoms with E-state index in [1.54, 1.807) is 12.4 Å². The van der Waals surface area contributed by atoms with Gasteiger partial charge in [-0.25, -0.2) is 10.9 Å². The summed E-state index contributed by atoms with van der Waals surface area (Å²) in [4.78, 5) is 23.9. The molecule has 0 radical (unpaired) electrons. The molecular formula is C28H34N4O6. The molecule has 0 saturated heterocycles. The van der Waals surface area contributed by atoms with Gasteiger partial charge in [-0.05, 0) is 60.4 Å². The summed E-state index contributed by atoms with van der Waals surface area (Å²) in [6, 6.07) is 11.0. The van der Waals surface area contributed by atoms with Crippen molar-refractivity contribution < 1.29 is 28.5 Å². The van der Waals surface area contributed by atoms with E-state index in [4.69, 9.17) is 18.9 Å². The zero-order valence-electron chi connectivity index (χ0n) is 21.4. The number of hydrazone groups is 2. The normalized spacial score (nSPS) is 13.4. The molecule has 2 aliphatic rings. The number of hydrogen-bond donors (Lipinski definition) is 2. The third kappa shape index (κ3) is 8.79. The first-order valence-corrected chi connectivity index (χ1v) is 13.1. The first-order chi connectivity index (χ1) is 18.7. The van der Waals surface area contributed by atoms with Crippen LogP contribution >= 0.6 is 0 Å². The van der Waals surface area contributed by atoms with Crippen molar-refractivity contribution in [2.45, 2.75) is 64.2 Å². The van der Waals surface area contributed by atoms with Gasteiger partial charge in [0.2, 0.25) is 25.4 Å². The van der Waals surface area contributed by atoms with Crippen molar-refractivity contribution in [3.8, 4) is 23.0 Å². The molecular weight excluding hydrogens is 488 g/mol. The molecule has 0 saturated carbocycles. The zero-order valence-corrected chi connectivity index (χ0v) is 21.4. The van der Waals surface area contributed by atoms with E-state index in [1.165, 1.54) is 0 Å². The van der Waals surface area contributed by atoms with Crippen LogP contribution in [0.25, 0.3) is 0 Å². The van der Waals surface area contributed by atoms with Gasteiger partial charge in [-0.15, -0.1) is 0 Å². The third-order valence-corrected chi connectivity index (χ3v) is 6.16. The Morgan fingerprint density at radius 2 is 1.00 bits per heavy atom. The quantitative estimate of drug-likeness (QED) is 0.200. The molecule has 2 aliphatic heterocycles. The third-order valence-electron chi connectivity index (χ3n) is 6.16. The van der Waals surface area contributed by atoms with Crippen molar-refractivity contribution in [2.75, 3.05) is 13.6 Å². The van der Waals surface area contributed by atoms with E-state index >= 15 is 0 Å². The van der Waals surface area contributed by atoms with Crippen LogP contribution in [0.4, 0.5) is 0 Å². The maximum atomic E-state index is 11.9. The van der Waals surface area contributed by atoms with Crippen molar-refractivity contribution in [1.82, 2.24) is 10.9 Å². The van der Waals surface area contributed by atoms with Crippen molar-refractivity contribution in [2.24, 2.45) is 10.2 Å². The number of benzene rings is 2. The van der Waals surface area contributed by atoms with E-state index in [9.17, 15) is 9.59 Å². The molecule has 0 fully saturated rings. The molecule has 0 bridgehead atoms. The van der Waals surface area contributed by atoms with Gasteiger partial charge in [0, 0.05) is 12.8 Å². The van der Waals surface area contributed by atoms with Crippen LogP contribution in [0.2, 0.25) is 0 Å². The lowest BCUT2D eigenvalue weighted by Gasteiger charge is -2.03. The highest BCUT2D eigenvalue weighted by molar-refractivity contribution is 5.84. The number of carbonyl (C=O) groups excluding carboxylic acids is 2. The first-order valence-electron chi connectivity index (χ1n) is 13.1. The number of fused-ring (bicyclic) bond motifs is 2. The second-order valence-electron chi connectivity index (χ2n) is 9.14. The highest BCUT2D eigenvalue weighted by atomic mass is 16.7. The van der Waals surface area contributed by atoms with Crippen molar-refractivity contribution >= 4 is 24.2 Å². The van der Waals surface area contributed by atoms with E-state index in [1.807, 2.05) is 36.4 Å². The SMILES string of the molecule is O=C(CCCCCCCCCCC(=O)N/N=C\c1ccc2c(c1)OCO2)N/N=C\c1ccc2c(c1)OCO2. The summed E-state index contributed by atoms with van der Waals surface area (Å²) >= 11 is 0. The van der Waals surface area contributed by atoms with Crippen LogP contribution in [0.3, 0.4) is 0 Å². The van der Waals surface area contributed by atoms with Gasteiger partial charge in [0.15, 0.2) is 23.0 Å². The molecule has 4 rings (SSSR count). The van der Waals surface area contributed by atoms with E-state index in [-0.39, 0.29) is 25.4 Å². The molecule has 2 amide bonds. The van der Waals surface area contributed by atoms with E-state index in [0.717, 1.165) is 74.0 Å². The standard InChI is InChI=1S/C28H34N4O6/c33-27(31-29-17-21-11-13-23-25(15-21)37-19-35-23)9-7-5-3-1-2-4-6-8-10-28(34)32-30-18-22-12-14-24-26(16-22)38-20-36-24/h11-18H,1-10,19-20H2,(H,31,33)(H,32,34)/b29-17-,30-18-. The highest BCUT2D eigenvalue weighted by Gasteiger charge is 2.13. The Morgan fingerprint density at radius 3 is 1.45 bits per heavy atom. The monoisotopic (exact) mass is 522 g/mol. The smallest absolute Gasteiger partial charge is 0.240 e. The average Bonchev–Trinajstić information content (AvgIpc) is 3.58.